The van der Waals surface area contributed by atoms with Crippen LogP contribution in [0.3, 0.4) is 0 Å². The van der Waals surface area contributed by atoms with Crippen molar-refractivity contribution < 1.29 is 17.9 Å². The van der Waals surface area contributed by atoms with Gasteiger partial charge in [-0.1, -0.05) is 12.5 Å². The van der Waals surface area contributed by atoms with Gasteiger partial charge in [-0.15, -0.1) is 0 Å². The first kappa shape index (κ1) is 19.5. The van der Waals surface area contributed by atoms with E-state index in [-0.39, 0.29) is 6.61 Å². The molecule has 0 radical (unpaired) electrons. The molecule has 154 valence electrons. The number of anilines is 1. The summed E-state index contributed by atoms with van der Waals surface area (Å²) in [5.74, 6) is 0.970. The molecule has 0 aliphatic carbocycles. The van der Waals surface area contributed by atoms with Gasteiger partial charge in [0, 0.05) is 31.5 Å². The lowest BCUT2D eigenvalue weighted by Crippen LogP contribution is -2.39. The number of fused-ring (bicyclic) bond motifs is 1. The average molecular weight is 417 g/mol. The maximum Gasteiger partial charge on any atom is 0.301 e. The second-order valence-electron chi connectivity index (χ2n) is 6.92. The number of benzene rings is 1. The Morgan fingerprint density at radius 2 is 1.93 bits per heavy atom. The molecule has 1 aliphatic heterocycles. The van der Waals surface area contributed by atoms with E-state index in [4.69, 9.17) is 9.47 Å². The Bertz CT molecular complexity index is 1060. The van der Waals surface area contributed by atoms with E-state index in [9.17, 15) is 8.42 Å². The van der Waals surface area contributed by atoms with Crippen LogP contribution in [0.5, 0.6) is 11.5 Å². The van der Waals surface area contributed by atoms with Crippen LogP contribution in [0.1, 0.15) is 25.0 Å². The van der Waals surface area contributed by atoms with E-state index < -0.39 is 10.2 Å². The monoisotopic (exact) mass is 416 g/mol. The summed E-state index contributed by atoms with van der Waals surface area (Å²) < 4.78 is 42.6. The molecule has 0 bridgehead atoms. The van der Waals surface area contributed by atoms with Crippen LogP contribution < -0.4 is 14.2 Å². The molecule has 0 atom stereocenters. The number of hydrogen-bond donors (Lipinski definition) is 1. The average Bonchev–Trinajstić information content (AvgIpc) is 3.16. The van der Waals surface area contributed by atoms with Crippen LogP contribution in [-0.4, -0.2) is 42.3 Å². The molecule has 1 saturated heterocycles. The van der Waals surface area contributed by atoms with Crippen molar-refractivity contribution in [2.75, 3.05) is 24.9 Å². The third-order valence-corrected chi connectivity index (χ3v) is 6.39. The van der Waals surface area contributed by atoms with Crippen molar-refractivity contribution in [1.29, 1.82) is 0 Å². The summed E-state index contributed by atoms with van der Waals surface area (Å²) in [6, 6.07) is 10.8. The summed E-state index contributed by atoms with van der Waals surface area (Å²) in [6.45, 7) is 1.33. The van der Waals surface area contributed by atoms with E-state index in [1.54, 1.807) is 25.3 Å². The number of pyridine rings is 1. The number of rotatable bonds is 7. The summed E-state index contributed by atoms with van der Waals surface area (Å²) in [5, 5.41) is 0. The number of ether oxygens (including phenoxy) is 2. The van der Waals surface area contributed by atoms with Gasteiger partial charge >= 0.3 is 10.2 Å². The molecule has 0 unspecified atom stereocenters. The van der Waals surface area contributed by atoms with Crippen LogP contribution in [-0.2, 0) is 16.8 Å². The molecular weight excluding hydrogens is 392 g/mol. The second kappa shape index (κ2) is 8.30. The van der Waals surface area contributed by atoms with Crippen molar-refractivity contribution in [1.82, 2.24) is 13.7 Å². The summed E-state index contributed by atoms with van der Waals surface area (Å²) in [5.41, 5.74) is 2.03. The quantitative estimate of drug-likeness (QED) is 0.640. The minimum Gasteiger partial charge on any atom is -0.493 e. The van der Waals surface area contributed by atoms with E-state index in [1.807, 2.05) is 35.0 Å². The number of piperidine rings is 1. The normalized spacial score (nSPS) is 15.3. The van der Waals surface area contributed by atoms with E-state index in [2.05, 4.69) is 9.71 Å². The van der Waals surface area contributed by atoms with Crippen LogP contribution in [0.4, 0.5) is 5.69 Å². The molecule has 29 heavy (non-hydrogen) atoms. The summed E-state index contributed by atoms with van der Waals surface area (Å²) in [6.07, 6.45) is 6.65. The largest absolute Gasteiger partial charge is 0.493 e. The fourth-order valence-electron chi connectivity index (χ4n) is 3.38. The number of hydrogen-bond acceptors (Lipinski definition) is 5. The van der Waals surface area contributed by atoms with Gasteiger partial charge in [0.25, 0.3) is 0 Å². The Morgan fingerprint density at radius 3 is 2.69 bits per heavy atom. The maximum atomic E-state index is 12.6. The molecule has 3 aromatic rings. The topological polar surface area (TPSA) is 85.2 Å². The lowest BCUT2D eigenvalue weighted by Gasteiger charge is -2.26. The van der Waals surface area contributed by atoms with Crippen molar-refractivity contribution in [2.45, 2.75) is 25.9 Å². The smallest absolute Gasteiger partial charge is 0.301 e. The van der Waals surface area contributed by atoms with E-state index in [1.165, 1.54) is 4.31 Å². The molecule has 8 nitrogen and oxygen atoms in total. The van der Waals surface area contributed by atoms with E-state index >= 15 is 0 Å². The minimum absolute atomic E-state index is 0.236. The zero-order chi connectivity index (χ0) is 20.3. The zero-order valence-electron chi connectivity index (χ0n) is 16.2. The summed E-state index contributed by atoms with van der Waals surface area (Å²) in [7, 11) is -2.04. The third-order valence-electron chi connectivity index (χ3n) is 4.85. The SMILES string of the molecule is COc1ccc(NS(=O)(=O)N2CCCCC2)cc1OCc1cn2ccccc2n1. The fourth-order valence-corrected chi connectivity index (χ4v) is 4.67. The minimum atomic E-state index is -3.59. The van der Waals surface area contributed by atoms with E-state index in [0.29, 0.717) is 30.3 Å². The van der Waals surface area contributed by atoms with Crippen LogP contribution in [0.25, 0.3) is 5.65 Å². The van der Waals surface area contributed by atoms with Gasteiger partial charge < -0.3 is 13.9 Å². The highest BCUT2D eigenvalue weighted by molar-refractivity contribution is 7.90. The van der Waals surface area contributed by atoms with Crippen LogP contribution in [0.2, 0.25) is 0 Å². The molecule has 2 aromatic heterocycles. The first-order valence-electron chi connectivity index (χ1n) is 9.56. The molecule has 4 rings (SSSR count). The number of methoxy groups -OCH3 is 1. The fraction of sp³-hybridized carbons (Fsp3) is 0.350. The molecule has 1 fully saturated rings. The highest BCUT2D eigenvalue weighted by Gasteiger charge is 2.24. The molecule has 9 heteroatoms. The van der Waals surface area contributed by atoms with Crippen LogP contribution >= 0.6 is 0 Å². The molecule has 0 amide bonds. The van der Waals surface area contributed by atoms with Gasteiger partial charge in [-0.3, -0.25) is 4.72 Å². The standard InChI is InChI=1S/C20H24N4O4S/c1-27-18-9-8-16(22-29(25,26)24-11-4-2-5-12-24)13-19(18)28-15-17-14-23-10-6-3-7-20(23)21-17/h3,6-10,13-14,22H,2,4-5,11-12,15H2,1H3. The number of aromatic nitrogens is 2. The Kier molecular flexibility index (Phi) is 5.59. The summed E-state index contributed by atoms with van der Waals surface area (Å²) in [4.78, 5) is 4.51. The van der Waals surface area contributed by atoms with Gasteiger partial charge in [-0.25, -0.2) is 4.98 Å². The maximum absolute atomic E-state index is 12.6. The van der Waals surface area contributed by atoms with Gasteiger partial charge in [0.2, 0.25) is 0 Å². The Hall–Kier alpha value is -2.78. The van der Waals surface area contributed by atoms with Gasteiger partial charge in [0.15, 0.2) is 11.5 Å². The number of nitrogens with zero attached hydrogens (tertiary/aromatic N) is 3. The second-order valence-corrected chi connectivity index (χ2v) is 8.59. The van der Waals surface area contributed by atoms with Gasteiger partial charge in [0.1, 0.15) is 12.3 Å². The Balaban J connectivity index is 1.50. The predicted octanol–water partition coefficient (Wildman–Crippen LogP) is 3.06. The van der Waals surface area contributed by atoms with Gasteiger partial charge in [-0.05, 0) is 37.1 Å². The lowest BCUT2D eigenvalue weighted by atomic mass is 10.2. The molecule has 1 aliphatic rings. The molecule has 1 aromatic carbocycles. The first-order chi connectivity index (χ1) is 14.0. The van der Waals surface area contributed by atoms with Crippen molar-refractivity contribution in [2.24, 2.45) is 0 Å². The molecular formula is C20H24N4O4S. The first-order valence-corrected chi connectivity index (χ1v) is 11.0. The molecule has 0 spiro atoms. The number of nitrogens with one attached hydrogen (secondary N) is 1. The van der Waals surface area contributed by atoms with Crippen molar-refractivity contribution in [3.8, 4) is 11.5 Å². The van der Waals surface area contributed by atoms with Crippen LogP contribution in [0, 0.1) is 0 Å². The predicted molar refractivity (Wildman–Crippen MR) is 110 cm³/mol. The number of imidazole rings is 1. The van der Waals surface area contributed by atoms with Crippen LogP contribution in [0.15, 0.2) is 48.8 Å². The van der Waals surface area contributed by atoms with Crippen molar-refractivity contribution in [3.63, 3.8) is 0 Å². The summed E-state index contributed by atoms with van der Waals surface area (Å²) >= 11 is 0. The van der Waals surface area contributed by atoms with Crippen molar-refractivity contribution in [3.05, 3.63) is 54.5 Å². The zero-order valence-corrected chi connectivity index (χ0v) is 17.1. The Morgan fingerprint density at radius 1 is 1.10 bits per heavy atom. The highest BCUT2D eigenvalue weighted by Crippen LogP contribution is 2.31. The molecule has 3 heterocycles. The van der Waals surface area contributed by atoms with E-state index in [0.717, 1.165) is 30.6 Å². The highest BCUT2D eigenvalue weighted by atomic mass is 32.2. The molecule has 1 N–H and O–H groups in total. The third kappa shape index (κ3) is 4.46. The molecule has 0 saturated carbocycles. The van der Waals surface area contributed by atoms with Gasteiger partial charge in [-0.2, -0.15) is 12.7 Å². The Labute approximate surface area is 170 Å². The van der Waals surface area contributed by atoms with Crippen molar-refractivity contribution >= 4 is 21.5 Å². The lowest BCUT2D eigenvalue weighted by molar-refractivity contribution is 0.281. The van der Waals surface area contributed by atoms with Gasteiger partial charge in [0.05, 0.1) is 18.5 Å².